The van der Waals surface area contributed by atoms with Gasteiger partial charge in [-0.25, -0.2) is 4.39 Å². The Morgan fingerprint density at radius 3 is 2.25 bits per heavy atom. The second-order valence-electron chi connectivity index (χ2n) is 5.57. The maximum atomic E-state index is 13.7. The Bertz CT molecular complexity index is 994. The molecule has 0 saturated carbocycles. The fourth-order valence-electron chi connectivity index (χ4n) is 2.93. The molecular weight excluding hydrogens is 305 g/mol. The highest BCUT2D eigenvalue weighted by molar-refractivity contribution is 6.22. The largest absolute Gasteiger partial charge is 0.319 e. The molecule has 4 heteroatoms. The molecule has 0 aliphatic heterocycles. The topological polar surface area (TPSA) is 46.2 Å². The van der Waals surface area contributed by atoms with E-state index in [1.54, 1.807) is 36.4 Å². The number of benzene rings is 3. The first-order valence-electron chi connectivity index (χ1n) is 7.49. The number of anilines is 1. The van der Waals surface area contributed by atoms with E-state index in [0.717, 1.165) is 11.1 Å². The number of hydrogen-bond donors (Lipinski definition) is 1. The summed E-state index contributed by atoms with van der Waals surface area (Å²) in [6.45, 7) is 0. The summed E-state index contributed by atoms with van der Waals surface area (Å²) in [5.41, 5.74) is 3.25. The molecule has 0 aromatic heterocycles. The number of rotatable bonds is 2. The summed E-state index contributed by atoms with van der Waals surface area (Å²) >= 11 is 0. The number of halogens is 1. The molecule has 0 saturated heterocycles. The van der Waals surface area contributed by atoms with E-state index >= 15 is 0 Å². The summed E-state index contributed by atoms with van der Waals surface area (Å²) in [6, 6.07) is 18.3. The van der Waals surface area contributed by atoms with E-state index in [0.29, 0.717) is 16.7 Å². The lowest BCUT2D eigenvalue weighted by Gasteiger charge is -2.07. The molecule has 0 bridgehead atoms. The predicted octanol–water partition coefficient (Wildman–Crippen LogP) is 4.29. The van der Waals surface area contributed by atoms with Crippen molar-refractivity contribution in [3.8, 4) is 11.1 Å². The Hall–Kier alpha value is -3.27. The molecule has 0 spiro atoms. The van der Waals surface area contributed by atoms with E-state index in [-0.39, 0.29) is 11.5 Å². The van der Waals surface area contributed by atoms with Crippen LogP contribution in [0.1, 0.15) is 26.3 Å². The van der Waals surface area contributed by atoms with Crippen LogP contribution in [0, 0.1) is 5.82 Å². The molecule has 0 heterocycles. The van der Waals surface area contributed by atoms with Gasteiger partial charge >= 0.3 is 0 Å². The van der Waals surface area contributed by atoms with Gasteiger partial charge in [0.25, 0.3) is 5.91 Å². The second-order valence-corrected chi connectivity index (χ2v) is 5.57. The number of carbonyl (C=O) groups excluding carboxylic acids is 2. The summed E-state index contributed by atoms with van der Waals surface area (Å²) < 4.78 is 13.7. The molecule has 24 heavy (non-hydrogen) atoms. The lowest BCUT2D eigenvalue weighted by molar-refractivity contribution is 0.102. The van der Waals surface area contributed by atoms with Crippen molar-refractivity contribution in [2.45, 2.75) is 0 Å². The average Bonchev–Trinajstić information content (AvgIpc) is 2.90. The fraction of sp³-hybridized carbons (Fsp3) is 0. The zero-order valence-electron chi connectivity index (χ0n) is 12.5. The highest BCUT2D eigenvalue weighted by Crippen LogP contribution is 2.36. The van der Waals surface area contributed by atoms with Crippen molar-refractivity contribution in [3.05, 3.63) is 89.2 Å². The minimum atomic E-state index is -0.504. The Morgan fingerprint density at radius 1 is 0.792 bits per heavy atom. The number of para-hydroxylation sites is 1. The van der Waals surface area contributed by atoms with Crippen LogP contribution in [0.2, 0.25) is 0 Å². The maximum Gasteiger partial charge on any atom is 0.255 e. The molecule has 3 nitrogen and oxygen atoms in total. The molecule has 0 unspecified atom stereocenters. The van der Waals surface area contributed by atoms with Crippen LogP contribution in [0.5, 0.6) is 0 Å². The fourth-order valence-corrected chi connectivity index (χ4v) is 2.93. The van der Waals surface area contributed by atoms with Crippen LogP contribution in [-0.4, -0.2) is 11.7 Å². The minimum absolute atomic E-state index is 0.0962. The first-order valence-corrected chi connectivity index (χ1v) is 7.49. The van der Waals surface area contributed by atoms with Gasteiger partial charge in [0.1, 0.15) is 5.82 Å². The van der Waals surface area contributed by atoms with Crippen molar-refractivity contribution in [3.63, 3.8) is 0 Å². The second kappa shape index (κ2) is 5.42. The Balaban J connectivity index is 1.69. The summed E-state index contributed by atoms with van der Waals surface area (Å²) in [5.74, 6) is -1.05. The van der Waals surface area contributed by atoms with Crippen molar-refractivity contribution in [2.24, 2.45) is 0 Å². The molecule has 1 N–H and O–H groups in total. The summed E-state index contributed by atoms with van der Waals surface area (Å²) in [4.78, 5) is 24.8. The molecule has 1 amide bonds. The first-order chi connectivity index (χ1) is 11.6. The van der Waals surface area contributed by atoms with Gasteiger partial charge in [0.05, 0.1) is 5.69 Å². The zero-order valence-corrected chi connectivity index (χ0v) is 12.5. The van der Waals surface area contributed by atoms with E-state index in [4.69, 9.17) is 0 Å². The van der Waals surface area contributed by atoms with Gasteiger partial charge in [0.2, 0.25) is 0 Å². The van der Waals surface area contributed by atoms with Gasteiger partial charge in [-0.3, -0.25) is 9.59 Å². The van der Waals surface area contributed by atoms with Crippen LogP contribution in [-0.2, 0) is 0 Å². The quantitative estimate of drug-likeness (QED) is 0.599. The normalized spacial score (nSPS) is 11.8. The van der Waals surface area contributed by atoms with Gasteiger partial charge in [-0.2, -0.15) is 0 Å². The smallest absolute Gasteiger partial charge is 0.255 e. The number of carbonyl (C=O) groups is 2. The average molecular weight is 317 g/mol. The van der Waals surface area contributed by atoms with Crippen LogP contribution in [0.25, 0.3) is 11.1 Å². The van der Waals surface area contributed by atoms with Gasteiger partial charge in [-0.1, -0.05) is 42.5 Å². The Morgan fingerprint density at radius 2 is 1.46 bits per heavy atom. The van der Waals surface area contributed by atoms with Gasteiger partial charge in [0, 0.05) is 16.7 Å². The SMILES string of the molecule is O=C(Nc1ccccc1F)c1ccc2c(c1)C(=O)c1ccccc1-2. The van der Waals surface area contributed by atoms with Gasteiger partial charge in [-0.15, -0.1) is 0 Å². The van der Waals surface area contributed by atoms with Crippen molar-refractivity contribution in [2.75, 3.05) is 5.32 Å². The minimum Gasteiger partial charge on any atom is -0.319 e. The lowest BCUT2D eigenvalue weighted by Crippen LogP contribution is -2.13. The Kier molecular flexibility index (Phi) is 3.24. The third-order valence-electron chi connectivity index (χ3n) is 4.11. The molecule has 3 aromatic rings. The van der Waals surface area contributed by atoms with Crippen molar-refractivity contribution < 1.29 is 14.0 Å². The molecule has 1 aliphatic carbocycles. The Labute approximate surface area is 137 Å². The molecular formula is C20H12FNO2. The molecule has 4 rings (SSSR count). The molecule has 0 fully saturated rings. The number of nitrogens with one attached hydrogen (secondary N) is 1. The summed E-state index contributed by atoms with van der Waals surface area (Å²) in [7, 11) is 0. The van der Waals surface area contributed by atoms with E-state index in [1.165, 1.54) is 12.1 Å². The van der Waals surface area contributed by atoms with Crippen molar-refractivity contribution >= 4 is 17.4 Å². The van der Waals surface area contributed by atoms with Crippen LogP contribution < -0.4 is 5.32 Å². The van der Waals surface area contributed by atoms with E-state index < -0.39 is 11.7 Å². The van der Waals surface area contributed by atoms with E-state index in [2.05, 4.69) is 5.32 Å². The number of fused-ring (bicyclic) bond motifs is 3. The van der Waals surface area contributed by atoms with E-state index in [1.807, 2.05) is 18.2 Å². The monoisotopic (exact) mass is 317 g/mol. The van der Waals surface area contributed by atoms with Crippen LogP contribution >= 0.6 is 0 Å². The first kappa shape index (κ1) is 14.3. The van der Waals surface area contributed by atoms with Crippen LogP contribution in [0.3, 0.4) is 0 Å². The molecule has 116 valence electrons. The maximum absolute atomic E-state index is 13.7. The molecule has 0 radical (unpaired) electrons. The van der Waals surface area contributed by atoms with Gasteiger partial charge in [0.15, 0.2) is 5.78 Å². The summed E-state index contributed by atoms with van der Waals surface area (Å²) in [5, 5.41) is 2.53. The van der Waals surface area contributed by atoms with Crippen LogP contribution in [0.4, 0.5) is 10.1 Å². The number of ketones is 1. The molecule has 0 atom stereocenters. The zero-order chi connectivity index (χ0) is 16.7. The third-order valence-corrected chi connectivity index (χ3v) is 4.11. The number of hydrogen-bond acceptors (Lipinski definition) is 2. The lowest BCUT2D eigenvalue weighted by atomic mass is 10.0. The molecule has 1 aliphatic rings. The molecule has 3 aromatic carbocycles. The third kappa shape index (κ3) is 2.20. The van der Waals surface area contributed by atoms with Gasteiger partial charge in [-0.05, 0) is 35.4 Å². The predicted molar refractivity (Wildman–Crippen MR) is 89.7 cm³/mol. The number of amides is 1. The highest BCUT2D eigenvalue weighted by atomic mass is 19.1. The summed E-state index contributed by atoms with van der Waals surface area (Å²) in [6.07, 6.45) is 0. The van der Waals surface area contributed by atoms with Crippen molar-refractivity contribution in [1.29, 1.82) is 0 Å². The van der Waals surface area contributed by atoms with Crippen LogP contribution in [0.15, 0.2) is 66.7 Å². The van der Waals surface area contributed by atoms with Crippen molar-refractivity contribution in [1.82, 2.24) is 0 Å². The highest BCUT2D eigenvalue weighted by Gasteiger charge is 2.27. The van der Waals surface area contributed by atoms with E-state index in [9.17, 15) is 14.0 Å². The standard InChI is InChI=1S/C20H12FNO2/c21-17-7-3-4-8-18(17)22-20(24)12-9-10-14-13-5-1-2-6-15(13)19(23)16(14)11-12/h1-11H,(H,22,24). The van der Waals surface area contributed by atoms with Gasteiger partial charge < -0.3 is 5.32 Å².